The minimum Gasteiger partial charge on any atom is -0.494 e. The third-order valence-corrected chi connectivity index (χ3v) is 5.75. The zero-order chi connectivity index (χ0) is 21.1. The van der Waals surface area contributed by atoms with Crippen molar-refractivity contribution in [3.05, 3.63) is 41.1 Å². The molecule has 0 radical (unpaired) electrons. The maximum Gasteiger partial charge on any atom is 0.338 e. The van der Waals surface area contributed by atoms with Crippen LogP contribution in [0.3, 0.4) is 0 Å². The van der Waals surface area contributed by atoms with Crippen LogP contribution in [0.4, 0.5) is 0 Å². The average Bonchev–Trinajstić information content (AvgIpc) is 2.97. The molecule has 1 fully saturated rings. The summed E-state index contributed by atoms with van der Waals surface area (Å²) in [6.45, 7) is 10.7. The van der Waals surface area contributed by atoms with Crippen LogP contribution in [0.25, 0.3) is 0 Å². The minimum absolute atomic E-state index is 0.0493. The lowest BCUT2D eigenvalue weighted by Crippen LogP contribution is -2.40. The van der Waals surface area contributed by atoms with E-state index >= 15 is 0 Å². The first-order chi connectivity index (χ1) is 13.8. The molecule has 0 spiro atoms. The fourth-order valence-electron chi connectivity index (χ4n) is 3.27. The molecule has 1 amide bonds. The molecule has 1 aromatic carbocycles. The molecule has 2 aliphatic heterocycles. The van der Waals surface area contributed by atoms with E-state index in [0.29, 0.717) is 29.7 Å². The van der Waals surface area contributed by atoms with Gasteiger partial charge in [-0.3, -0.25) is 9.69 Å². The Morgan fingerprint density at radius 1 is 1.28 bits per heavy atom. The molecule has 0 saturated carbocycles. The molecular weight excluding hydrogens is 388 g/mol. The van der Waals surface area contributed by atoms with Gasteiger partial charge in [0.05, 0.1) is 35.8 Å². The van der Waals surface area contributed by atoms with Gasteiger partial charge in [-0.25, -0.2) is 9.79 Å². The van der Waals surface area contributed by atoms with E-state index in [0.717, 1.165) is 17.7 Å². The number of fused-ring (bicyclic) bond motifs is 1. The molecule has 0 bridgehead atoms. The number of hydrogen-bond acceptors (Lipinski definition) is 6. The first-order valence-corrected chi connectivity index (χ1v) is 10.9. The summed E-state index contributed by atoms with van der Waals surface area (Å²) in [5.74, 6) is 0.514. The molecule has 2 unspecified atom stereocenters. The molecule has 29 heavy (non-hydrogen) atoms. The zero-order valence-corrected chi connectivity index (χ0v) is 18.4. The number of amidine groups is 1. The lowest BCUT2D eigenvalue weighted by molar-refractivity contribution is -0.141. The Hall–Kier alpha value is -2.28. The first kappa shape index (κ1) is 21.4. The number of aliphatic imine (C=N–C) groups is 1. The van der Waals surface area contributed by atoms with Crippen molar-refractivity contribution in [3.8, 4) is 5.75 Å². The van der Waals surface area contributed by atoms with Gasteiger partial charge in [-0.15, -0.1) is 0 Å². The predicted octanol–water partition coefficient (Wildman–Crippen LogP) is 4.32. The van der Waals surface area contributed by atoms with Gasteiger partial charge in [0, 0.05) is 0 Å². The van der Waals surface area contributed by atoms with E-state index in [9.17, 15) is 9.59 Å². The van der Waals surface area contributed by atoms with Crippen LogP contribution in [-0.4, -0.2) is 40.4 Å². The maximum absolute atomic E-state index is 13.0. The lowest BCUT2D eigenvalue weighted by atomic mass is 9.94. The van der Waals surface area contributed by atoms with E-state index in [1.54, 1.807) is 11.8 Å². The third kappa shape index (κ3) is 4.50. The molecule has 7 heteroatoms. The van der Waals surface area contributed by atoms with E-state index < -0.39 is 12.0 Å². The van der Waals surface area contributed by atoms with Crippen LogP contribution < -0.4 is 4.74 Å². The van der Waals surface area contributed by atoms with Gasteiger partial charge >= 0.3 is 5.97 Å². The van der Waals surface area contributed by atoms with Crippen molar-refractivity contribution < 1.29 is 19.1 Å². The summed E-state index contributed by atoms with van der Waals surface area (Å²) in [5, 5.41) is 0.402. The number of esters is 1. The monoisotopic (exact) mass is 416 g/mol. The summed E-state index contributed by atoms with van der Waals surface area (Å²) in [7, 11) is 0. The summed E-state index contributed by atoms with van der Waals surface area (Å²) >= 11 is 1.42. The highest BCUT2D eigenvalue weighted by Gasteiger charge is 2.46. The summed E-state index contributed by atoms with van der Waals surface area (Å²) < 4.78 is 11.2. The van der Waals surface area contributed by atoms with E-state index in [2.05, 4.69) is 11.9 Å². The van der Waals surface area contributed by atoms with Gasteiger partial charge in [-0.2, -0.15) is 0 Å². The van der Waals surface area contributed by atoms with E-state index in [1.165, 1.54) is 11.8 Å². The largest absolute Gasteiger partial charge is 0.494 e. The minimum atomic E-state index is -0.549. The van der Waals surface area contributed by atoms with Crippen LogP contribution in [0.1, 0.15) is 52.6 Å². The van der Waals surface area contributed by atoms with Crippen LogP contribution >= 0.6 is 11.8 Å². The molecule has 2 atom stereocenters. The molecule has 1 aromatic rings. The smallest absolute Gasteiger partial charge is 0.338 e. The van der Waals surface area contributed by atoms with E-state index in [1.807, 2.05) is 45.0 Å². The highest BCUT2D eigenvalue weighted by Crippen LogP contribution is 2.43. The van der Waals surface area contributed by atoms with Crippen molar-refractivity contribution in [2.24, 2.45) is 10.9 Å². The number of benzene rings is 1. The number of amides is 1. The van der Waals surface area contributed by atoms with E-state index in [-0.39, 0.29) is 17.1 Å². The Labute approximate surface area is 176 Å². The number of rotatable bonds is 7. The molecule has 0 aromatic heterocycles. The highest BCUT2D eigenvalue weighted by molar-refractivity contribution is 8.15. The number of thioether (sulfide) groups is 1. The van der Waals surface area contributed by atoms with Crippen LogP contribution in [0, 0.1) is 5.92 Å². The second kappa shape index (κ2) is 9.03. The molecule has 2 heterocycles. The predicted molar refractivity (Wildman–Crippen MR) is 115 cm³/mol. The van der Waals surface area contributed by atoms with Crippen LogP contribution in [0.5, 0.6) is 5.75 Å². The number of hydrogen-bond donors (Lipinski definition) is 0. The number of allylic oxidation sites excluding steroid dienone is 1. The zero-order valence-electron chi connectivity index (χ0n) is 17.6. The van der Waals surface area contributed by atoms with Gasteiger partial charge in [0.25, 0.3) is 0 Å². The van der Waals surface area contributed by atoms with Crippen LogP contribution in [0.15, 0.2) is 40.5 Å². The third-order valence-electron chi connectivity index (χ3n) is 4.69. The van der Waals surface area contributed by atoms with Gasteiger partial charge in [0.1, 0.15) is 5.75 Å². The van der Waals surface area contributed by atoms with Crippen LogP contribution in [-0.2, 0) is 14.3 Å². The van der Waals surface area contributed by atoms with Gasteiger partial charge in [0.2, 0.25) is 5.91 Å². The number of carbonyl (C=O) groups is 2. The topological polar surface area (TPSA) is 68.2 Å². The molecule has 0 aliphatic carbocycles. The molecular formula is C22H28N2O4S. The molecule has 2 aliphatic rings. The Morgan fingerprint density at radius 3 is 2.59 bits per heavy atom. The van der Waals surface area contributed by atoms with Gasteiger partial charge < -0.3 is 9.47 Å². The highest BCUT2D eigenvalue weighted by atomic mass is 32.2. The second-order valence-electron chi connectivity index (χ2n) is 7.67. The molecule has 6 nitrogen and oxygen atoms in total. The van der Waals surface area contributed by atoms with Crippen molar-refractivity contribution in [1.29, 1.82) is 0 Å². The van der Waals surface area contributed by atoms with Crippen LogP contribution in [0.2, 0.25) is 0 Å². The fourth-order valence-corrected chi connectivity index (χ4v) is 4.29. The fraction of sp³-hybridized carbons (Fsp3) is 0.500. The Kier molecular flexibility index (Phi) is 6.67. The van der Waals surface area contributed by atoms with Gasteiger partial charge in [-0.1, -0.05) is 44.7 Å². The van der Waals surface area contributed by atoms with E-state index in [4.69, 9.17) is 9.47 Å². The lowest BCUT2D eigenvalue weighted by Gasteiger charge is -2.33. The number of nitrogens with zero attached hydrogens (tertiary/aromatic N) is 2. The summed E-state index contributed by atoms with van der Waals surface area (Å²) in [4.78, 5) is 32.0. The SMILES string of the molecule is CCCOc1ccc(C2C(C(=O)OCC(C)C)=C(C)N=C3SC(C)C(=O)N32)cc1. The average molecular weight is 417 g/mol. The molecule has 0 N–H and O–H groups in total. The van der Waals surface area contributed by atoms with Crippen molar-refractivity contribution in [3.63, 3.8) is 0 Å². The van der Waals surface area contributed by atoms with Crippen molar-refractivity contribution in [2.75, 3.05) is 13.2 Å². The normalized spacial score (nSPS) is 21.4. The summed E-state index contributed by atoms with van der Waals surface area (Å²) in [6.07, 6.45) is 0.926. The Balaban J connectivity index is 1.99. The van der Waals surface area contributed by atoms with Gasteiger partial charge in [0.15, 0.2) is 5.17 Å². The van der Waals surface area contributed by atoms with Crippen molar-refractivity contribution in [2.45, 2.75) is 52.3 Å². The standard InChI is InChI=1S/C22H28N2O4S/c1-6-11-27-17-9-7-16(8-10-17)19-18(21(26)28-12-13(2)3)14(4)23-22-24(19)20(25)15(5)29-22/h7-10,13,15,19H,6,11-12H2,1-5H3. The second-order valence-corrected chi connectivity index (χ2v) is 8.98. The molecule has 3 rings (SSSR count). The Morgan fingerprint density at radius 2 is 1.97 bits per heavy atom. The maximum atomic E-state index is 13.0. The van der Waals surface area contributed by atoms with Crippen molar-refractivity contribution in [1.82, 2.24) is 4.90 Å². The number of carbonyl (C=O) groups excluding carboxylic acids is 2. The number of ether oxygens (including phenoxy) is 2. The molecule has 1 saturated heterocycles. The summed E-state index contributed by atoms with van der Waals surface area (Å²) in [5.41, 5.74) is 1.84. The van der Waals surface area contributed by atoms with Crippen molar-refractivity contribution >= 4 is 28.8 Å². The first-order valence-electron chi connectivity index (χ1n) is 10.0. The molecule has 156 valence electrons. The summed E-state index contributed by atoms with van der Waals surface area (Å²) in [6, 6.07) is 7.01. The quantitative estimate of drug-likeness (QED) is 0.619. The van der Waals surface area contributed by atoms with Gasteiger partial charge in [-0.05, 0) is 43.9 Å². The Bertz CT molecular complexity index is 845.